The van der Waals surface area contributed by atoms with Crippen molar-refractivity contribution >= 4 is 6.29 Å². The Bertz CT molecular complexity index is 369. The van der Waals surface area contributed by atoms with Gasteiger partial charge in [0.1, 0.15) is 11.5 Å². The Morgan fingerprint density at radius 1 is 1.27 bits per heavy atom. The fourth-order valence-electron chi connectivity index (χ4n) is 1.40. The van der Waals surface area contributed by atoms with E-state index < -0.39 is 0 Å². The molecule has 0 atom stereocenters. The summed E-state index contributed by atoms with van der Waals surface area (Å²) in [6, 6.07) is 3.47. The van der Waals surface area contributed by atoms with Crippen LogP contribution in [0.5, 0.6) is 11.5 Å². The summed E-state index contributed by atoms with van der Waals surface area (Å²) >= 11 is 0. The van der Waals surface area contributed by atoms with E-state index in [1.165, 1.54) is 7.11 Å². The number of allylic oxidation sites excluding steroid dienone is 1. The average molecular weight is 206 g/mol. The van der Waals surface area contributed by atoms with Crippen molar-refractivity contribution in [2.45, 2.75) is 6.42 Å². The van der Waals surface area contributed by atoms with Crippen molar-refractivity contribution < 1.29 is 14.3 Å². The Morgan fingerprint density at radius 3 is 2.40 bits per heavy atom. The lowest BCUT2D eigenvalue weighted by Crippen LogP contribution is -1.97. The fourth-order valence-corrected chi connectivity index (χ4v) is 1.40. The average Bonchev–Trinajstić information content (AvgIpc) is 2.28. The molecule has 15 heavy (non-hydrogen) atoms. The van der Waals surface area contributed by atoms with Crippen LogP contribution in [0, 0.1) is 0 Å². The SMILES string of the molecule is C=CCc1cc(C=O)c(OC)cc1OC. The van der Waals surface area contributed by atoms with Crippen LogP contribution < -0.4 is 9.47 Å². The third-order valence-corrected chi connectivity index (χ3v) is 2.12. The molecule has 0 amide bonds. The highest BCUT2D eigenvalue weighted by atomic mass is 16.5. The second-order valence-corrected chi connectivity index (χ2v) is 3.02. The van der Waals surface area contributed by atoms with Gasteiger partial charge in [0.05, 0.1) is 19.8 Å². The van der Waals surface area contributed by atoms with Gasteiger partial charge in [-0.05, 0) is 18.1 Å². The zero-order chi connectivity index (χ0) is 11.3. The van der Waals surface area contributed by atoms with Crippen LogP contribution in [0.1, 0.15) is 15.9 Å². The van der Waals surface area contributed by atoms with Gasteiger partial charge in [-0.1, -0.05) is 6.08 Å². The lowest BCUT2D eigenvalue weighted by Gasteiger charge is -2.10. The maximum Gasteiger partial charge on any atom is 0.153 e. The first-order chi connectivity index (χ1) is 7.26. The smallest absolute Gasteiger partial charge is 0.153 e. The zero-order valence-electron chi connectivity index (χ0n) is 8.95. The normalized spacial score (nSPS) is 9.47. The molecule has 0 aliphatic carbocycles. The molecule has 0 spiro atoms. The zero-order valence-corrected chi connectivity index (χ0v) is 8.95. The van der Waals surface area contributed by atoms with Gasteiger partial charge >= 0.3 is 0 Å². The second-order valence-electron chi connectivity index (χ2n) is 3.02. The number of hydrogen-bond acceptors (Lipinski definition) is 3. The first kappa shape index (κ1) is 11.3. The van der Waals surface area contributed by atoms with Gasteiger partial charge in [0.2, 0.25) is 0 Å². The van der Waals surface area contributed by atoms with Crippen LogP contribution in [0.15, 0.2) is 24.8 Å². The summed E-state index contributed by atoms with van der Waals surface area (Å²) in [5.74, 6) is 1.23. The van der Waals surface area contributed by atoms with E-state index in [9.17, 15) is 4.79 Å². The van der Waals surface area contributed by atoms with Gasteiger partial charge in [0, 0.05) is 6.07 Å². The maximum absolute atomic E-state index is 10.8. The Morgan fingerprint density at radius 2 is 1.93 bits per heavy atom. The lowest BCUT2D eigenvalue weighted by atomic mass is 10.1. The van der Waals surface area contributed by atoms with E-state index in [2.05, 4.69) is 6.58 Å². The number of carbonyl (C=O) groups excluding carboxylic acids is 1. The predicted octanol–water partition coefficient (Wildman–Crippen LogP) is 2.24. The summed E-state index contributed by atoms with van der Waals surface area (Å²) in [6.07, 6.45) is 3.19. The minimum Gasteiger partial charge on any atom is -0.496 e. The van der Waals surface area contributed by atoms with E-state index in [0.29, 0.717) is 23.5 Å². The van der Waals surface area contributed by atoms with E-state index in [4.69, 9.17) is 9.47 Å². The topological polar surface area (TPSA) is 35.5 Å². The van der Waals surface area contributed by atoms with Crippen molar-refractivity contribution in [2.75, 3.05) is 14.2 Å². The van der Waals surface area contributed by atoms with Crippen LogP contribution in [-0.2, 0) is 6.42 Å². The first-order valence-corrected chi connectivity index (χ1v) is 4.57. The molecule has 0 fully saturated rings. The molecule has 0 saturated carbocycles. The van der Waals surface area contributed by atoms with E-state index in [0.717, 1.165) is 11.8 Å². The molecule has 1 rings (SSSR count). The van der Waals surface area contributed by atoms with E-state index in [1.807, 2.05) is 0 Å². The molecule has 3 nitrogen and oxygen atoms in total. The van der Waals surface area contributed by atoms with Gasteiger partial charge in [-0.2, -0.15) is 0 Å². The molecule has 0 aliphatic rings. The van der Waals surface area contributed by atoms with Crippen LogP contribution >= 0.6 is 0 Å². The molecule has 1 aromatic carbocycles. The highest BCUT2D eigenvalue weighted by Gasteiger charge is 2.09. The molecule has 0 N–H and O–H groups in total. The van der Waals surface area contributed by atoms with E-state index in [1.54, 1.807) is 25.3 Å². The van der Waals surface area contributed by atoms with Crippen molar-refractivity contribution in [1.82, 2.24) is 0 Å². The molecule has 0 unspecified atom stereocenters. The second kappa shape index (κ2) is 5.20. The molecule has 0 aromatic heterocycles. The molecule has 3 heteroatoms. The van der Waals surface area contributed by atoms with Crippen molar-refractivity contribution in [3.8, 4) is 11.5 Å². The van der Waals surface area contributed by atoms with Crippen LogP contribution in [0.4, 0.5) is 0 Å². The molecule has 0 saturated heterocycles. The molecule has 0 radical (unpaired) electrons. The quantitative estimate of drug-likeness (QED) is 0.547. The summed E-state index contributed by atoms with van der Waals surface area (Å²) in [5.41, 5.74) is 1.45. The standard InChI is InChI=1S/C12H14O3/c1-4-5-9-6-10(8-13)12(15-3)7-11(9)14-2/h4,6-8H,1,5H2,2-3H3. The minimum absolute atomic E-state index is 0.523. The highest BCUT2D eigenvalue weighted by Crippen LogP contribution is 2.28. The molecular formula is C12H14O3. The van der Waals surface area contributed by atoms with Gasteiger partial charge in [-0.15, -0.1) is 6.58 Å². The van der Waals surface area contributed by atoms with Gasteiger partial charge in [-0.3, -0.25) is 4.79 Å². The van der Waals surface area contributed by atoms with Crippen molar-refractivity contribution in [2.24, 2.45) is 0 Å². The number of ether oxygens (including phenoxy) is 2. The van der Waals surface area contributed by atoms with Crippen LogP contribution in [0.2, 0.25) is 0 Å². The molecule has 0 heterocycles. The van der Waals surface area contributed by atoms with Gasteiger partial charge in [0.15, 0.2) is 6.29 Å². The predicted molar refractivity (Wildman–Crippen MR) is 58.8 cm³/mol. The third-order valence-electron chi connectivity index (χ3n) is 2.12. The van der Waals surface area contributed by atoms with Crippen molar-refractivity contribution in [3.05, 3.63) is 35.9 Å². The Kier molecular flexibility index (Phi) is 3.92. The van der Waals surface area contributed by atoms with Gasteiger partial charge < -0.3 is 9.47 Å². The Hall–Kier alpha value is -1.77. The number of carbonyl (C=O) groups is 1. The van der Waals surface area contributed by atoms with Crippen molar-refractivity contribution in [3.63, 3.8) is 0 Å². The van der Waals surface area contributed by atoms with E-state index >= 15 is 0 Å². The highest BCUT2D eigenvalue weighted by molar-refractivity contribution is 5.80. The Balaban J connectivity index is 3.26. The monoisotopic (exact) mass is 206 g/mol. The summed E-state index contributed by atoms with van der Waals surface area (Å²) in [7, 11) is 3.11. The van der Waals surface area contributed by atoms with E-state index in [-0.39, 0.29) is 0 Å². The summed E-state index contributed by atoms with van der Waals surface area (Å²) < 4.78 is 10.3. The van der Waals surface area contributed by atoms with Gasteiger partial charge in [0.25, 0.3) is 0 Å². The van der Waals surface area contributed by atoms with Gasteiger partial charge in [-0.25, -0.2) is 0 Å². The number of hydrogen-bond donors (Lipinski definition) is 0. The Labute approximate surface area is 89.3 Å². The lowest BCUT2D eigenvalue weighted by molar-refractivity contribution is 0.112. The minimum atomic E-state index is 0.523. The largest absolute Gasteiger partial charge is 0.496 e. The third kappa shape index (κ3) is 2.37. The molecule has 80 valence electrons. The number of aldehydes is 1. The van der Waals surface area contributed by atoms with Crippen molar-refractivity contribution in [1.29, 1.82) is 0 Å². The summed E-state index contributed by atoms with van der Waals surface area (Å²) in [6.45, 7) is 3.65. The molecular weight excluding hydrogens is 192 g/mol. The molecule has 1 aromatic rings. The first-order valence-electron chi connectivity index (χ1n) is 4.57. The van der Waals surface area contributed by atoms with Crippen LogP contribution in [0.3, 0.4) is 0 Å². The van der Waals surface area contributed by atoms with Crippen LogP contribution in [-0.4, -0.2) is 20.5 Å². The molecule has 0 bridgehead atoms. The van der Waals surface area contributed by atoms with Crippen LogP contribution in [0.25, 0.3) is 0 Å². The summed E-state index contributed by atoms with van der Waals surface area (Å²) in [4.78, 5) is 10.8. The number of rotatable bonds is 5. The summed E-state index contributed by atoms with van der Waals surface area (Å²) in [5, 5.41) is 0. The number of methoxy groups -OCH3 is 2. The maximum atomic E-state index is 10.8. The fraction of sp³-hybridized carbons (Fsp3) is 0.250. The molecule has 0 aliphatic heterocycles. The number of benzene rings is 1.